The van der Waals surface area contributed by atoms with E-state index in [4.69, 9.17) is 16.3 Å². The molecule has 11 heteroatoms. The zero-order chi connectivity index (χ0) is 23.0. The Morgan fingerprint density at radius 1 is 1.16 bits per heavy atom. The van der Waals surface area contributed by atoms with Gasteiger partial charge in [-0.1, -0.05) is 17.7 Å². The van der Waals surface area contributed by atoms with E-state index < -0.39 is 23.5 Å². The Bertz CT molecular complexity index is 1320. The normalized spacial score (nSPS) is 11.5. The van der Waals surface area contributed by atoms with E-state index in [1.807, 2.05) is 0 Å². The van der Waals surface area contributed by atoms with E-state index in [1.165, 1.54) is 31.4 Å². The van der Waals surface area contributed by atoms with Gasteiger partial charge >= 0.3 is 6.18 Å². The molecule has 2 heterocycles. The van der Waals surface area contributed by atoms with Crippen molar-refractivity contribution in [2.45, 2.75) is 6.18 Å². The molecule has 7 nitrogen and oxygen atoms in total. The fraction of sp³-hybridized carbons (Fsp3) is 0.0952. The van der Waals surface area contributed by atoms with Crippen molar-refractivity contribution in [2.24, 2.45) is 0 Å². The van der Waals surface area contributed by atoms with E-state index >= 15 is 0 Å². The molecule has 0 fully saturated rings. The van der Waals surface area contributed by atoms with Crippen LogP contribution in [0, 0.1) is 0 Å². The summed E-state index contributed by atoms with van der Waals surface area (Å²) < 4.78 is 46.9. The van der Waals surface area contributed by atoms with Crippen LogP contribution in [0.5, 0.6) is 11.5 Å². The summed E-state index contributed by atoms with van der Waals surface area (Å²) in [7, 11) is 1.47. The number of aromatic nitrogens is 3. The monoisotopic (exact) mass is 462 g/mol. The molecule has 2 aromatic carbocycles. The first-order chi connectivity index (χ1) is 15.2. The zero-order valence-electron chi connectivity index (χ0n) is 16.3. The molecule has 0 radical (unpaired) electrons. The van der Waals surface area contributed by atoms with E-state index in [9.17, 15) is 23.1 Å². The fourth-order valence-corrected chi connectivity index (χ4v) is 3.27. The highest BCUT2D eigenvalue weighted by Gasteiger charge is 2.36. The summed E-state index contributed by atoms with van der Waals surface area (Å²) in [6.07, 6.45) is -4.79. The van der Waals surface area contributed by atoms with Crippen LogP contribution in [0.1, 0.15) is 16.2 Å². The topological polar surface area (TPSA) is 88.8 Å². The van der Waals surface area contributed by atoms with Gasteiger partial charge in [-0.3, -0.25) is 4.79 Å². The second-order valence-electron chi connectivity index (χ2n) is 6.66. The highest BCUT2D eigenvalue weighted by Crippen LogP contribution is 2.35. The first-order valence-corrected chi connectivity index (χ1v) is 9.46. The third-order valence-corrected chi connectivity index (χ3v) is 4.88. The maximum Gasteiger partial charge on any atom is 0.433 e. The lowest BCUT2D eigenvalue weighted by Gasteiger charge is -2.11. The summed E-state index contributed by atoms with van der Waals surface area (Å²) in [6.45, 7) is 0. The number of carbonyl (C=O) groups is 1. The van der Waals surface area contributed by atoms with Crippen molar-refractivity contribution in [3.8, 4) is 22.8 Å². The number of carbonyl (C=O) groups excluding carboxylic acids is 1. The number of aromatic hydroxyl groups is 1. The second kappa shape index (κ2) is 8.04. The molecule has 0 atom stereocenters. The molecular weight excluding hydrogens is 449 g/mol. The van der Waals surface area contributed by atoms with Gasteiger partial charge in [0.05, 0.1) is 12.8 Å². The zero-order valence-corrected chi connectivity index (χ0v) is 17.1. The largest absolute Gasteiger partial charge is 0.508 e. The van der Waals surface area contributed by atoms with Gasteiger partial charge in [-0.2, -0.15) is 18.3 Å². The summed E-state index contributed by atoms with van der Waals surface area (Å²) in [4.78, 5) is 16.8. The van der Waals surface area contributed by atoms with E-state index in [1.54, 1.807) is 24.3 Å². The molecule has 2 N–H and O–H groups in total. The minimum Gasteiger partial charge on any atom is -0.508 e. The van der Waals surface area contributed by atoms with Gasteiger partial charge in [0, 0.05) is 17.3 Å². The lowest BCUT2D eigenvalue weighted by molar-refractivity contribution is -0.142. The summed E-state index contributed by atoms with van der Waals surface area (Å²) in [5.41, 5.74) is -1.32. The third-order valence-electron chi connectivity index (χ3n) is 4.53. The number of amides is 1. The van der Waals surface area contributed by atoms with E-state index in [0.29, 0.717) is 15.8 Å². The second-order valence-corrected chi connectivity index (χ2v) is 7.03. The molecular formula is C21H14ClF3N4O3. The number of nitrogens with one attached hydrogen (secondary N) is 1. The van der Waals surface area contributed by atoms with Gasteiger partial charge in [-0.05, 0) is 42.5 Å². The molecule has 0 saturated carbocycles. The molecule has 0 bridgehead atoms. The van der Waals surface area contributed by atoms with Crippen LogP contribution in [0.2, 0.25) is 5.02 Å². The number of anilines is 1. The number of alkyl halides is 3. The van der Waals surface area contributed by atoms with Crippen molar-refractivity contribution in [2.75, 3.05) is 12.4 Å². The first-order valence-electron chi connectivity index (χ1n) is 9.08. The molecule has 32 heavy (non-hydrogen) atoms. The Hall–Kier alpha value is -3.79. The van der Waals surface area contributed by atoms with Gasteiger partial charge in [0.1, 0.15) is 16.5 Å². The molecule has 164 valence electrons. The molecule has 0 aliphatic carbocycles. The summed E-state index contributed by atoms with van der Waals surface area (Å²) in [5.74, 6) is -0.432. The molecule has 2 aromatic heterocycles. The SMILES string of the molecule is COc1ccc(-c2cc(C(F)(F)F)n3nc(C(=O)Nc4cccc(O)c4)c(Cl)c3n2)cc1. The Morgan fingerprint density at radius 3 is 2.50 bits per heavy atom. The predicted molar refractivity (Wildman–Crippen MR) is 111 cm³/mol. The number of rotatable bonds is 4. The lowest BCUT2D eigenvalue weighted by atomic mass is 10.1. The number of ether oxygens (including phenoxy) is 1. The number of halogens is 4. The van der Waals surface area contributed by atoms with Gasteiger partial charge in [-0.25, -0.2) is 9.50 Å². The van der Waals surface area contributed by atoms with E-state index in [2.05, 4.69) is 15.4 Å². The van der Waals surface area contributed by atoms with E-state index in [0.717, 1.165) is 6.07 Å². The Balaban J connectivity index is 1.83. The Kier molecular flexibility index (Phi) is 5.39. The van der Waals surface area contributed by atoms with Crippen molar-refractivity contribution in [3.05, 3.63) is 71.0 Å². The molecule has 0 unspecified atom stereocenters. The van der Waals surface area contributed by atoms with Gasteiger partial charge < -0.3 is 15.2 Å². The predicted octanol–water partition coefficient (Wildman–Crippen LogP) is 5.04. The van der Waals surface area contributed by atoms with Crippen molar-refractivity contribution in [1.29, 1.82) is 0 Å². The minimum absolute atomic E-state index is 0.00535. The molecule has 4 rings (SSSR count). The number of hydrogen-bond acceptors (Lipinski definition) is 5. The van der Waals surface area contributed by atoms with Crippen LogP contribution in [0.15, 0.2) is 54.6 Å². The summed E-state index contributed by atoms with van der Waals surface area (Å²) in [6, 6.07) is 12.7. The average Bonchev–Trinajstić information content (AvgIpc) is 3.09. The first kappa shape index (κ1) is 21.4. The number of fused-ring (bicyclic) bond motifs is 1. The van der Waals surface area contributed by atoms with Crippen LogP contribution in [-0.4, -0.2) is 32.7 Å². The average molecular weight is 463 g/mol. The maximum atomic E-state index is 13.8. The van der Waals surface area contributed by atoms with Gasteiger partial charge in [0.2, 0.25) is 0 Å². The van der Waals surface area contributed by atoms with Crippen molar-refractivity contribution >= 4 is 28.8 Å². The number of benzene rings is 2. The molecule has 4 aromatic rings. The van der Waals surface area contributed by atoms with Crippen molar-refractivity contribution in [1.82, 2.24) is 14.6 Å². The van der Waals surface area contributed by atoms with Crippen LogP contribution < -0.4 is 10.1 Å². The quantitative estimate of drug-likeness (QED) is 0.444. The Morgan fingerprint density at radius 2 is 1.88 bits per heavy atom. The fourth-order valence-electron chi connectivity index (χ4n) is 3.02. The van der Waals surface area contributed by atoms with Gasteiger partial charge in [0.15, 0.2) is 17.0 Å². The maximum absolute atomic E-state index is 13.8. The summed E-state index contributed by atoms with van der Waals surface area (Å²) >= 11 is 6.24. The molecule has 0 aliphatic rings. The number of hydrogen-bond donors (Lipinski definition) is 2. The van der Waals surface area contributed by atoms with Crippen LogP contribution in [0.25, 0.3) is 16.9 Å². The third kappa shape index (κ3) is 4.04. The van der Waals surface area contributed by atoms with Gasteiger partial charge in [-0.15, -0.1) is 0 Å². The number of methoxy groups -OCH3 is 1. The Labute approximate surface area is 184 Å². The number of phenolic OH excluding ortho intramolecular Hbond substituents is 1. The van der Waals surface area contributed by atoms with Crippen molar-refractivity contribution < 1.29 is 27.8 Å². The van der Waals surface area contributed by atoms with E-state index in [-0.39, 0.29) is 27.8 Å². The molecule has 1 amide bonds. The summed E-state index contributed by atoms with van der Waals surface area (Å²) in [5, 5.41) is 15.4. The van der Waals surface area contributed by atoms with Gasteiger partial charge in [0.25, 0.3) is 5.91 Å². The number of nitrogens with zero attached hydrogens (tertiary/aromatic N) is 3. The highest BCUT2D eigenvalue weighted by atomic mass is 35.5. The smallest absolute Gasteiger partial charge is 0.433 e. The minimum atomic E-state index is -4.79. The molecule has 0 spiro atoms. The molecule has 0 saturated heterocycles. The van der Waals surface area contributed by atoms with Crippen LogP contribution in [0.3, 0.4) is 0 Å². The van der Waals surface area contributed by atoms with Crippen LogP contribution >= 0.6 is 11.6 Å². The highest BCUT2D eigenvalue weighted by molar-refractivity contribution is 6.37. The number of phenols is 1. The van der Waals surface area contributed by atoms with Crippen LogP contribution in [0.4, 0.5) is 18.9 Å². The van der Waals surface area contributed by atoms with Crippen molar-refractivity contribution in [3.63, 3.8) is 0 Å². The molecule has 0 aliphatic heterocycles. The van der Waals surface area contributed by atoms with Crippen LogP contribution in [-0.2, 0) is 6.18 Å². The lowest BCUT2D eigenvalue weighted by Crippen LogP contribution is -2.15. The standard InChI is InChI=1S/C21H14ClF3N4O3/c1-32-14-7-5-11(6-8-14)15-10-16(21(23,24)25)29-19(27-15)17(22)18(28-29)20(31)26-12-3-2-4-13(30)9-12/h2-10,30H,1H3,(H,26,31).